The molecule has 184 valence electrons. The molecule has 6 rings (SSSR count). The fourth-order valence-corrected chi connectivity index (χ4v) is 5.64. The second-order valence-corrected chi connectivity index (χ2v) is 9.97. The van der Waals surface area contributed by atoms with Crippen molar-refractivity contribution in [1.29, 1.82) is 0 Å². The van der Waals surface area contributed by atoms with E-state index in [1.165, 1.54) is 4.90 Å². The molecule has 0 aliphatic carbocycles. The third-order valence-electron chi connectivity index (χ3n) is 7.35. The standard InChI is InChI=1S/C29H30N4O3/c1-30(2)16-19-12-13-32-17-22(20-8-4-6-10-24(20)32)26-27(29(35)31(3)28(26)34)23-18-33(14-15-36-19)25-11-7-5-9-21(23)25/h4-11,17-19H,12-16H2,1-3H3. The minimum absolute atomic E-state index is 0.0736. The summed E-state index contributed by atoms with van der Waals surface area (Å²) in [5.74, 6) is -0.514. The molecular formula is C29H30N4O3. The Balaban J connectivity index is 1.64. The number of nitrogens with zero attached hydrogens (tertiary/aromatic N) is 4. The summed E-state index contributed by atoms with van der Waals surface area (Å²) in [6.07, 6.45) is 4.97. The fourth-order valence-electron chi connectivity index (χ4n) is 5.64. The molecule has 0 fully saturated rings. The Hall–Kier alpha value is -3.68. The fraction of sp³-hybridized carbons (Fsp3) is 0.310. The second kappa shape index (κ2) is 8.76. The molecule has 0 radical (unpaired) electrons. The molecule has 7 nitrogen and oxygen atoms in total. The van der Waals surface area contributed by atoms with E-state index < -0.39 is 0 Å². The first kappa shape index (κ1) is 22.8. The van der Waals surface area contributed by atoms with Crippen molar-refractivity contribution in [3.63, 3.8) is 0 Å². The Morgan fingerprint density at radius 3 is 1.92 bits per heavy atom. The molecular weight excluding hydrogens is 452 g/mol. The second-order valence-electron chi connectivity index (χ2n) is 9.97. The van der Waals surface area contributed by atoms with Gasteiger partial charge in [0.05, 0.1) is 23.9 Å². The van der Waals surface area contributed by atoms with Crippen LogP contribution >= 0.6 is 0 Å². The summed E-state index contributed by atoms with van der Waals surface area (Å²) >= 11 is 0. The molecule has 4 heterocycles. The number of para-hydroxylation sites is 2. The van der Waals surface area contributed by atoms with E-state index in [9.17, 15) is 9.59 Å². The van der Waals surface area contributed by atoms with Crippen LogP contribution in [0.4, 0.5) is 0 Å². The lowest BCUT2D eigenvalue weighted by Gasteiger charge is -2.22. The van der Waals surface area contributed by atoms with E-state index in [1.54, 1.807) is 7.05 Å². The summed E-state index contributed by atoms with van der Waals surface area (Å²) in [5.41, 5.74) is 4.64. The van der Waals surface area contributed by atoms with Crippen LogP contribution in [0.1, 0.15) is 17.5 Å². The van der Waals surface area contributed by atoms with Crippen LogP contribution < -0.4 is 0 Å². The lowest BCUT2D eigenvalue weighted by Crippen LogP contribution is -2.30. The summed E-state index contributed by atoms with van der Waals surface area (Å²) in [6, 6.07) is 16.2. The third kappa shape index (κ3) is 3.58. The van der Waals surface area contributed by atoms with Crippen molar-refractivity contribution in [3.8, 4) is 0 Å². The van der Waals surface area contributed by atoms with Gasteiger partial charge in [-0.05, 0) is 32.6 Å². The number of ether oxygens (including phenoxy) is 1. The Morgan fingerprint density at radius 1 is 0.833 bits per heavy atom. The summed E-state index contributed by atoms with van der Waals surface area (Å²) in [5, 5.41) is 1.94. The zero-order valence-electron chi connectivity index (χ0n) is 20.9. The van der Waals surface area contributed by atoms with Gasteiger partial charge in [-0.2, -0.15) is 0 Å². The molecule has 2 amide bonds. The minimum Gasteiger partial charge on any atom is -0.375 e. The molecule has 4 bridgehead atoms. The van der Waals surface area contributed by atoms with Gasteiger partial charge in [-0.15, -0.1) is 0 Å². The predicted octanol–water partition coefficient (Wildman–Crippen LogP) is 3.86. The van der Waals surface area contributed by atoms with E-state index in [4.69, 9.17) is 4.74 Å². The number of carbonyl (C=O) groups excluding carboxylic acids is 2. The van der Waals surface area contributed by atoms with Crippen molar-refractivity contribution in [1.82, 2.24) is 18.9 Å². The number of carbonyl (C=O) groups is 2. The van der Waals surface area contributed by atoms with Crippen LogP contribution in [0.15, 0.2) is 60.9 Å². The maximum Gasteiger partial charge on any atom is 0.261 e. The third-order valence-corrected chi connectivity index (χ3v) is 7.35. The van der Waals surface area contributed by atoms with E-state index in [0.29, 0.717) is 24.3 Å². The Morgan fingerprint density at radius 2 is 1.36 bits per heavy atom. The van der Waals surface area contributed by atoms with Crippen molar-refractivity contribution in [2.75, 3.05) is 34.3 Å². The molecule has 2 aliphatic heterocycles. The number of hydrogen-bond donors (Lipinski definition) is 0. The Kier molecular flexibility index (Phi) is 5.54. The lowest BCUT2D eigenvalue weighted by atomic mass is 9.95. The van der Waals surface area contributed by atoms with Gasteiger partial charge in [0.15, 0.2) is 0 Å². The van der Waals surface area contributed by atoms with Gasteiger partial charge in [0.2, 0.25) is 0 Å². The molecule has 0 spiro atoms. The number of fused-ring (bicyclic) bond motifs is 12. The quantitative estimate of drug-likeness (QED) is 0.407. The molecule has 7 heteroatoms. The highest BCUT2D eigenvalue weighted by molar-refractivity contribution is 6.50. The molecule has 2 aromatic heterocycles. The van der Waals surface area contributed by atoms with E-state index in [0.717, 1.165) is 52.4 Å². The van der Waals surface area contributed by atoms with Gasteiger partial charge in [0.1, 0.15) is 0 Å². The molecule has 36 heavy (non-hydrogen) atoms. The first-order valence-electron chi connectivity index (χ1n) is 12.4. The summed E-state index contributed by atoms with van der Waals surface area (Å²) in [6.45, 7) is 2.81. The normalized spacial score (nSPS) is 19.0. The van der Waals surface area contributed by atoms with E-state index in [-0.39, 0.29) is 17.9 Å². The number of hydrogen-bond acceptors (Lipinski definition) is 4. The monoisotopic (exact) mass is 482 g/mol. The van der Waals surface area contributed by atoms with Crippen molar-refractivity contribution in [2.24, 2.45) is 0 Å². The van der Waals surface area contributed by atoms with Gasteiger partial charge >= 0.3 is 0 Å². The minimum atomic E-state index is -0.260. The van der Waals surface area contributed by atoms with Crippen LogP contribution in [0.5, 0.6) is 0 Å². The van der Waals surface area contributed by atoms with Crippen molar-refractivity contribution < 1.29 is 14.3 Å². The number of aromatic nitrogens is 2. The van der Waals surface area contributed by atoms with Crippen LogP contribution in [-0.4, -0.2) is 71.1 Å². The van der Waals surface area contributed by atoms with Gasteiger partial charge in [0, 0.05) is 72.0 Å². The molecule has 0 saturated heterocycles. The van der Waals surface area contributed by atoms with Crippen molar-refractivity contribution >= 4 is 44.8 Å². The molecule has 4 aromatic rings. The topological polar surface area (TPSA) is 59.7 Å². The number of likely N-dealkylation sites (N-methyl/N-ethyl adjacent to an activating group) is 2. The van der Waals surface area contributed by atoms with Crippen LogP contribution in [0, 0.1) is 0 Å². The molecule has 0 saturated carbocycles. The molecule has 1 unspecified atom stereocenters. The highest BCUT2D eigenvalue weighted by Crippen LogP contribution is 2.41. The van der Waals surface area contributed by atoms with Gasteiger partial charge in [-0.1, -0.05) is 36.4 Å². The highest BCUT2D eigenvalue weighted by atomic mass is 16.5. The number of amides is 2. The van der Waals surface area contributed by atoms with Crippen LogP contribution in [0.25, 0.3) is 33.0 Å². The van der Waals surface area contributed by atoms with E-state index in [1.807, 2.05) is 48.8 Å². The Labute approximate surface area is 210 Å². The van der Waals surface area contributed by atoms with Gasteiger partial charge in [0.25, 0.3) is 11.8 Å². The number of rotatable bonds is 2. The maximum absolute atomic E-state index is 13.6. The van der Waals surface area contributed by atoms with E-state index in [2.05, 4.69) is 40.3 Å². The maximum atomic E-state index is 13.6. The average Bonchev–Trinajstić information content (AvgIpc) is 3.48. The van der Waals surface area contributed by atoms with Gasteiger partial charge in [-0.25, -0.2) is 0 Å². The number of imide groups is 1. The average molecular weight is 483 g/mol. The molecule has 0 N–H and O–H groups in total. The zero-order valence-corrected chi connectivity index (χ0v) is 20.9. The lowest BCUT2D eigenvalue weighted by molar-refractivity contribution is -0.134. The van der Waals surface area contributed by atoms with Gasteiger partial charge < -0.3 is 18.8 Å². The summed E-state index contributed by atoms with van der Waals surface area (Å²) in [4.78, 5) is 30.5. The Bertz CT molecular complexity index is 1540. The molecule has 1 atom stereocenters. The largest absolute Gasteiger partial charge is 0.375 e. The van der Waals surface area contributed by atoms with Crippen molar-refractivity contribution in [3.05, 3.63) is 72.1 Å². The van der Waals surface area contributed by atoms with E-state index >= 15 is 0 Å². The molecule has 2 aromatic carbocycles. The first-order chi connectivity index (χ1) is 17.4. The van der Waals surface area contributed by atoms with Crippen LogP contribution in [0.2, 0.25) is 0 Å². The van der Waals surface area contributed by atoms with Crippen molar-refractivity contribution in [2.45, 2.75) is 25.6 Å². The highest BCUT2D eigenvalue weighted by Gasteiger charge is 2.39. The van der Waals surface area contributed by atoms with Crippen LogP contribution in [-0.2, 0) is 27.4 Å². The molecule has 2 aliphatic rings. The first-order valence-corrected chi connectivity index (χ1v) is 12.4. The summed E-state index contributed by atoms with van der Waals surface area (Å²) < 4.78 is 10.7. The summed E-state index contributed by atoms with van der Waals surface area (Å²) in [7, 11) is 5.71. The van der Waals surface area contributed by atoms with Crippen LogP contribution in [0.3, 0.4) is 0 Å². The predicted molar refractivity (Wildman–Crippen MR) is 141 cm³/mol. The van der Waals surface area contributed by atoms with Gasteiger partial charge in [-0.3, -0.25) is 14.5 Å². The number of benzene rings is 2. The SMILES string of the molecule is CN(C)CC1CCn2cc(c3ccccc32)C2=C(C(=O)N(C)C2=O)c2cn(c3ccccc23)CCO1. The number of aryl methyl sites for hydroxylation is 1. The smallest absolute Gasteiger partial charge is 0.261 e. The zero-order chi connectivity index (χ0) is 25.0.